The largest absolute Gasteiger partial charge is 0.393 e. The maximum atomic E-state index is 14.4. The number of nitrogens with zero attached hydrogens (tertiary/aromatic N) is 1. The van der Waals surface area contributed by atoms with Crippen molar-refractivity contribution in [1.82, 2.24) is 4.98 Å². The first kappa shape index (κ1) is 18.4. The molecule has 1 aromatic heterocycles. The van der Waals surface area contributed by atoms with Crippen LogP contribution in [0.25, 0.3) is 0 Å². The first-order valence-corrected chi connectivity index (χ1v) is 10.4. The van der Waals surface area contributed by atoms with E-state index in [1.54, 1.807) is 5.38 Å². The third kappa shape index (κ3) is 4.41. The van der Waals surface area contributed by atoms with Gasteiger partial charge in [0.2, 0.25) is 0 Å². The van der Waals surface area contributed by atoms with Crippen LogP contribution in [0.4, 0.5) is 15.2 Å². The molecule has 0 bridgehead atoms. The molecule has 1 aliphatic rings. The Hall–Kier alpha value is -1.42. The first-order valence-electron chi connectivity index (χ1n) is 7.71. The number of aromatic nitrogens is 1. The molecule has 0 saturated heterocycles. The molecule has 0 aliphatic heterocycles. The topological polar surface area (TPSA) is 91.3 Å². The molecule has 0 unspecified atom stereocenters. The van der Waals surface area contributed by atoms with Gasteiger partial charge in [-0.1, -0.05) is 11.6 Å². The minimum absolute atomic E-state index is 0.0659. The van der Waals surface area contributed by atoms with E-state index in [0.29, 0.717) is 18.5 Å². The van der Waals surface area contributed by atoms with Crippen LogP contribution in [0.1, 0.15) is 25.7 Å². The maximum absolute atomic E-state index is 14.4. The minimum atomic E-state index is -4.12. The molecule has 1 heterocycles. The summed E-state index contributed by atoms with van der Waals surface area (Å²) in [6.07, 6.45) is 3.97. The van der Waals surface area contributed by atoms with Crippen LogP contribution in [0.3, 0.4) is 0 Å². The van der Waals surface area contributed by atoms with Crippen molar-refractivity contribution >= 4 is 43.8 Å². The summed E-state index contributed by atoms with van der Waals surface area (Å²) in [5, 5.41) is 14.5. The molecule has 0 amide bonds. The zero-order chi connectivity index (χ0) is 18.0. The summed E-state index contributed by atoms with van der Waals surface area (Å²) in [6.45, 7) is 0. The number of aliphatic hydroxyl groups excluding tert-OH is 1. The summed E-state index contributed by atoms with van der Waals surface area (Å²) >= 11 is 7.24. The number of thiazole rings is 1. The van der Waals surface area contributed by atoms with E-state index in [2.05, 4.69) is 15.0 Å². The van der Waals surface area contributed by atoms with Crippen molar-refractivity contribution in [2.45, 2.75) is 42.7 Å². The minimum Gasteiger partial charge on any atom is -0.393 e. The smallest absolute Gasteiger partial charge is 0.266 e. The lowest BCUT2D eigenvalue weighted by Gasteiger charge is -2.27. The van der Waals surface area contributed by atoms with Gasteiger partial charge in [0.15, 0.2) is 5.13 Å². The SMILES string of the molecule is O=S(=O)(Nc1nccs1)c1cc(Cl)c(NC2CCC(O)CC2)cc1F. The Morgan fingerprint density at radius 2 is 2.00 bits per heavy atom. The van der Waals surface area contributed by atoms with E-state index < -0.39 is 20.7 Å². The van der Waals surface area contributed by atoms with Crippen LogP contribution in [0.2, 0.25) is 5.02 Å². The average Bonchev–Trinajstić information content (AvgIpc) is 3.04. The van der Waals surface area contributed by atoms with Gasteiger partial charge in [0.1, 0.15) is 10.7 Å². The molecule has 1 aromatic carbocycles. The molecule has 3 N–H and O–H groups in total. The van der Waals surface area contributed by atoms with Crippen molar-refractivity contribution in [3.05, 3.63) is 34.5 Å². The predicted octanol–water partition coefficient (Wildman–Crippen LogP) is 3.45. The van der Waals surface area contributed by atoms with Gasteiger partial charge in [-0.05, 0) is 37.8 Å². The first-order chi connectivity index (χ1) is 11.8. The van der Waals surface area contributed by atoms with Gasteiger partial charge in [0, 0.05) is 17.6 Å². The lowest BCUT2D eigenvalue weighted by molar-refractivity contribution is 0.126. The highest BCUT2D eigenvalue weighted by atomic mass is 35.5. The molecule has 0 radical (unpaired) electrons. The molecular formula is C15H17ClFN3O3S2. The van der Waals surface area contributed by atoms with Gasteiger partial charge in [-0.15, -0.1) is 11.3 Å². The molecule has 25 heavy (non-hydrogen) atoms. The Morgan fingerprint density at radius 1 is 1.28 bits per heavy atom. The van der Waals surface area contributed by atoms with Crippen molar-refractivity contribution in [2.24, 2.45) is 0 Å². The summed E-state index contributed by atoms with van der Waals surface area (Å²) in [6, 6.07) is 2.24. The van der Waals surface area contributed by atoms with Crippen molar-refractivity contribution in [1.29, 1.82) is 0 Å². The van der Waals surface area contributed by atoms with Crippen LogP contribution in [0.5, 0.6) is 0 Å². The summed E-state index contributed by atoms with van der Waals surface area (Å²) in [5.41, 5.74) is 0.341. The third-order valence-electron chi connectivity index (χ3n) is 4.02. The highest BCUT2D eigenvalue weighted by molar-refractivity contribution is 7.93. The summed E-state index contributed by atoms with van der Waals surface area (Å²) in [5.74, 6) is -0.896. The molecule has 1 aliphatic carbocycles. The quantitative estimate of drug-likeness (QED) is 0.708. The zero-order valence-electron chi connectivity index (χ0n) is 13.1. The number of halogens is 2. The number of nitrogens with one attached hydrogen (secondary N) is 2. The summed E-state index contributed by atoms with van der Waals surface area (Å²) in [7, 11) is -4.12. The van der Waals surface area contributed by atoms with Crippen LogP contribution < -0.4 is 10.0 Å². The lowest BCUT2D eigenvalue weighted by atomic mass is 9.93. The fraction of sp³-hybridized carbons (Fsp3) is 0.400. The Balaban J connectivity index is 1.80. The van der Waals surface area contributed by atoms with Crippen molar-refractivity contribution in [2.75, 3.05) is 10.0 Å². The maximum Gasteiger partial charge on any atom is 0.266 e. The fourth-order valence-corrected chi connectivity index (χ4v) is 4.89. The van der Waals surface area contributed by atoms with E-state index in [1.807, 2.05) is 0 Å². The number of benzene rings is 1. The van der Waals surface area contributed by atoms with Crippen LogP contribution in [-0.2, 0) is 10.0 Å². The second-order valence-electron chi connectivity index (χ2n) is 5.86. The summed E-state index contributed by atoms with van der Waals surface area (Å²) < 4.78 is 41.3. The van der Waals surface area contributed by atoms with E-state index in [9.17, 15) is 17.9 Å². The summed E-state index contributed by atoms with van der Waals surface area (Å²) in [4.78, 5) is 3.29. The highest BCUT2D eigenvalue weighted by Crippen LogP contribution is 2.31. The molecule has 10 heteroatoms. The third-order valence-corrected chi connectivity index (χ3v) is 6.51. The van der Waals surface area contributed by atoms with Gasteiger partial charge < -0.3 is 10.4 Å². The standard InChI is InChI=1S/C15H17ClFN3O3S2/c16-11-7-14(25(22,23)20-15-18-5-6-24-15)12(17)8-13(11)19-9-1-3-10(21)4-2-9/h5-10,19,21H,1-4H2,(H,18,20). The Kier molecular flexibility index (Phi) is 5.47. The molecule has 6 nitrogen and oxygen atoms in total. The monoisotopic (exact) mass is 405 g/mol. The number of rotatable bonds is 5. The molecule has 0 atom stereocenters. The molecule has 0 spiro atoms. The normalized spacial score (nSPS) is 21.1. The predicted molar refractivity (Wildman–Crippen MR) is 96.2 cm³/mol. The van der Waals surface area contributed by atoms with Gasteiger partial charge in [0.05, 0.1) is 16.8 Å². The van der Waals surface area contributed by atoms with Crippen LogP contribution in [0.15, 0.2) is 28.6 Å². The Labute approximate surface area is 154 Å². The molecule has 3 rings (SSSR count). The van der Waals surface area contributed by atoms with Crippen LogP contribution in [-0.4, -0.2) is 30.7 Å². The van der Waals surface area contributed by atoms with Crippen molar-refractivity contribution in [3.8, 4) is 0 Å². The van der Waals surface area contributed by atoms with Gasteiger partial charge in [-0.25, -0.2) is 17.8 Å². The van der Waals surface area contributed by atoms with E-state index in [1.165, 1.54) is 6.20 Å². The molecule has 2 aromatic rings. The van der Waals surface area contributed by atoms with E-state index >= 15 is 0 Å². The average molecular weight is 406 g/mol. The second kappa shape index (κ2) is 7.45. The van der Waals surface area contributed by atoms with E-state index in [4.69, 9.17) is 11.6 Å². The van der Waals surface area contributed by atoms with Crippen molar-refractivity contribution < 1.29 is 17.9 Å². The van der Waals surface area contributed by atoms with Gasteiger partial charge >= 0.3 is 0 Å². The number of anilines is 2. The Bertz CT molecular complexity index is 838. The van der Waals surface area contributed by atoms with E-state index in [0.717, 1.165) is 36.3 Å². The highest BCUT2D eigenvalue weighted by Gasteiger charge is 2.24. The molecular weight excluding hydrogens is 389 g/mol. The van der Waals surface area contributed by atoms with Gasteiger partial charge in [-0.3, -0.25) is 4.72 Å². The number of aliphatic hydroxyl groups is 1. The fourth-order valence-electron chi connectivity index (χ4n) is 2.73. The molecule has 1 saturated carbocycles. The van der Waals surface area contributed by atoms with Gasteiger partial charge in [-0.2, -0.15) is 0 Å². The molecule has 136 valence electrons. The molecule has 1 fully saturated rings. The number of hydrogen-bond acceptors (Lipinski definition) is 6. The van der Waals surface area contributed by atoms with Gasteiger partial charge in [0.25, 0.3) is 10.0 Å². The van der Waals surface area contributed by atoms with Crippen molar-refractivity contribution in [3.63, 3.8) is 0 Å². The zero-order valence-corrected chi connectivity index (χ0v) is 15.5. The van der Waals surface area contributed by atoms with Crippen LogP contribution >= 0.6 is 22.9 Å². The lowest BCUT2D eigenvalue weighted by Crippen LogP contribution is -2.28. The number of hydrogen-bond donors (Lipinski definition) is 3. The van der Waals surface area contributed by atoms with Crippen LogP contribution in [0, 0.1) is 5.82 Å². The second-order valence-corrected chi connectivity index (χ2v) is 8.81. The Morgan fingerprint density at radius 3 is 2.64 bits per heavy atom. The van der Waals surface area contributed by atoms with E-state index in [-0.39, 0.29) is 22.3 Å². The number of sulfonamides is 1.